The van der Waals surface area contributed by atoms with Crippen molar-refractivity contribution in [3.8, 4) is 0 Å². The van der Waals surface area contributed by atoms with E-state index in [1.807, 2.05) is 0 Å². The van der Waals surface area contributed by atoms with Gasteiger partial charge in [0.25, 0.3) is 11.8 Å². The zero-order valence-corrected chi connectivity index (χ0v) is 19.7. The van der Waals surface area contributed by atoms with Gasteiger partial charge in [0.05, 0.1) is 5.54 Å². The first kappa shape index (κ1) is 24.7. The number of hydrazine groups is 1. The number of anilines is 1. The van der Waals surface area contributed by atoms with Gasteiger partial charge >= 0.3 is 5.97 Å². The molecule has 2 amide bonds. The van der Waals surface area contributed by atoms with Crippen LogP contribution in [-0.4, -0.2) is 50.0 Å². The Hall–Kier alpha value is -3.98. The van der Waals surface area contributed by atoms with Crippen LogP contribution >= 0.6 is 11.6 Å². The van der Waals surface area contributed by atoms with E-state index >= 15 is 0 Å². The van der Waals surface area contributed by atoms with Crippen molar-refractivity contribution in [2.45, 2.75) is 26.3 Å². The lowest BCUT2D eigenvalue weighted by molar-refractivity contribution is -0.0827. The van der Waals surface area contributed by atoms with Crippen LogP contribution in [0, 0.1) is 0 Å². The number of hydrogen-bond donors (Lipinski definition) is 1. The van der Waals surface area contributed by atoms with Crippen molar-refractivity contribution in [2.75, 3.05) is 12.5 Å². The van der Waals surface area contributed by atoms with Gasteiger partial charge < -0.3 is 10.5 Å². The fraction of sp³-hybridized carbons (Fsp3) is 0.208. The van der Waals surface area contributed by atoms with E-state index in [0.29, 0.717) is 10.6 Å². The van der Waals surface area contributed by atoms with E-state index in [1.165, 1.54) is 29.5 Å². The fourth-order valence-electron chi connectivity index (χ4n) is 3.12. The van der Waals surface area contributed by atoms with Crippen molar-refractivity contribution < 1.29 is 19.1 Å². The van der Waals surface area contributed by atoms with Crippen LogP contribution in [0.5, 0.6) is 0 Å². The standard InChI is InChI=1S/C24H24ClN5O4/c1-24(2,3)30(22(32)16-7-5-4-6-8-16)29(21(31)17-9-11-18(25)12-10-17)15-34-23(33)19-20(26)28-14-13-27-19/h4-14H,15H2,1-3H3,(H2,26,28). The van der Waals surface area contributed by atoms with Gasteiger partial charge in [0.15, 0.2) is 18.2 Å². The van der Waals surface area contributed by atoms with Gasteiger partial charge in [0.2, 0.25) is 0 Å². The van der Waals surface area contributed by atoms with Gasteiger partial charge in [-0.05, 0) is 57.2 Å². The summed E-state index contributed by atoms with van der Waals surface area (Å²) in [5.74, 6) is -2.03. The van der Waals surface area contributed by atoms with E-state index in [0.717, 1.165) is 5.01 Å². The highest BCUT2D eigenvalue weighted by Gasteiger charge is 2.37. The normalized spacial score (nSPS) is 10.9. The Balaban J connectivity index is 2.00. The summed E-state index contributed by atoms with van der Waals surface area (Å²) in [6.07, 6.45) is 2.63. The molecule has 0 fully saturated rings. The molecule has 0 aliphatic heterocycles. The Labute approximate surface area is 202 Å². The molecule has 0 radical (unpaired) electrons. The highest BCUT2D eigenvalue weighted by atomic mass is 35.5. The summed E-state index contributed by atoms with van der Waals surface area (Å²) in [7, 11) is 0. The Morgan fingerprint density at radius 1 is 0.912 bits per heavy atom. The van der Waals surface area contributed by atoms with Crippen LogP contribution in [0.15, 0.2) is 67.0 Å². The van der Waals surface area contributed by atoms with Crippen LogP contribution in [0.3, 0.4) is 0 Å². The molecular weight excluding hydrogens is 458 g/mol. The molecule has 176 valence electrons. The molecule has 9 nitrogen and oxygen atoms in total. The quantitative estimate of drug-likeness (QED) is 0.334. The third kappa shape index (κ3) is 5.68. The van der Waals surface area contributed by atoms with Crippen molar-refractivity contribution in [2.24, 2.45) is 0 Å². The number of esters is 1. The number of benzene rings is 2. The lowest BCUT2D eigenvalue weighted by Crippen LogP contribution is -2.58. The number of amides is 2. The second kappa shape index (κ2) is 10.3. The van der Waals surface area contributed by atoms with E-state index in [9.17, 15) is 14.4 Å². The summed E-state index contributed by atoms with van der Waals surface area (Å²) in [6, 6.07) is 14.6. The minimum atomic E-state index is -0.888. The molecule has 2 N–H and O–H groups in total. The molecule has 0 spiro atoms. The average molecular weight is 482 g/mol. The first-order chi connectivity index (χ1) is 16.1. The minimum absolute atomic E-state index is 0.115. The number of carbonyl (C=O) groups excluding carboxylic acids is 3. The number of nitrogens with two attached hydrogens (primary N) is 1. The Morgan fingerprint density at radius 3 is 2.09 bits per heavy atom. The van der Waals surface area contributed by atoms with E-state index in [1.54, 1.807) is 63.2 Å². The number of ether oxygens (including phenoxy) is 1. The molecule has 3 rings (SSSR count). The highest BCUT2D eigenvalue weighted by Crippen LogP contribution is 2.23. The van der Waals surface area contributed by atoms with Gasteiger partial charge in [-0.2, -0.15) is 0 Å². The molecule has 0 saturated carbocycles. The van der Waals surface area contributed by atoms with Crippen LogP contribution in [0.1, 0.15) is 52.0 Å². The van der Waals surface area contributed by atoms with Gasteiger partial charge in [-0.15, -0.1) is 0 Å². The first-order valence-corrected chi connectivity index (χ1v) is 10.7. The maximum atomic E-state index is 13.5. The Bertz CT molecular complexity index is 1180. The number of carbonyl (C=O) groups is 3. The molecule has 0 aliphatic carbocycles. The molecule has 34 heavy (non-hydrogen) atoms. The van der Waals surface area contributed by atoms with Crippen molar-refractivity contribution >= 4 is 35.2 Å². The van der Waals surface area contributed by atoms with Crippen molar-refractivity contribution in [1.82, 2.24) is 20.0 Å². The summed E-state index contributed by atoms with van der Waals surface area (Å²) < 4.78 is 5.36. The maximum absolute atomic E-state index is 13.5. The van der Waals surface area contributed by atoms with Crippen molar-refractivity contribution in [3.63, 3.8) is 0 Å². The van der Waals surface area contributed by atoms with Gasteiger partial charge in [0.1, 0.15) is 0 Å². The van der Waals surface area contributed by atoms with E-state index in [-0.39, 0.29) is 17.1 Å². The van der Waals surface area contributed by atoms with Crippen molar-refractivity contribution in [1.29, 1.82) is 0 Å². The zero-order valence-electron chi connectivity index (χ0n) is 18.9. The number of nitrogen functional groups attached to an aromatic ring is 1. The summed E-state index contributed by atoms with van der Waals surface area (Å²) >= 11 is 5.96. The predicted molar refractivity (Wildman–Crippen MR) is 127 cm³/mol. The Kier molecular flexibility index (Phi) is 7.47. The smallest absolute Gasteiger partial charge is 0.362 e. The Morgan fingerprint density at radius 2 is 1.50 bits per heavy atom. The molecule has 1 heterocycles. The number of aromatic nitrogens is 2. The molecule has 0 unspecified atom stereocenters. The summed E-state index contributed by atoms with van der Waals surface area (Å²) in [5.41, 5.74) is 5.25. The van der Waals surface area contributed by atoms with Crippen molar-refractivity contribution in [3.05, 3.63) is 88.8 Å². The van der Waals surface area contributed by atoms with Gasteiger partial charge in [0, 0.05) is 28.5 Å². The van der Waals surface area contributed by atoms with Crippen LogP contribution in [0.4, 0.5) is 5.82 Å². The third-order valence-electron chi connectivity index (χ3n) is 4.65. The monoisotopic (exact) mass is 481 g/mol. The molecule has 2 aromatic carbocycles. The van der Waals surface area contributed by atoms with Gasteiger partial charge in [-0.3, -0.25) is 9.59 Å². The molecule has 10 heteroatoms. The zero-order chi connectivity index (χ0) is 24.9. The summed E-state index contributed by atoms with van der Waals surface area (Å²) in [6.45, 7) is 4.71. The van der Waals surface area contributed by atoms with E-state index in [2.05, 4.69) is 9.97 Å². The van der Waals surface area contributed by atoms with Crippen LogP contribution in [0.25, 0.3) is 0 Å². The summed E-state index contributed by atoms with van der Waals surface area (Å²) in [4.78, 5) is 47.4. The predicted octanol–water partition coefficient (Wildman–Crippen LogP) is 3.82. The second-order valence-electron chi connectivity index (χ2n) is 8.22. The average Bonchev–Trinajstić information content (AvgIpc) is 2.81. The molecule has 0 saturated heterocycles. The number of hydrogen-bond acceptors (Lipinski definition) is 7. The molecule has 0 atom stereocenters. The number of halogens is 1. The molecule has 0 aliphatic rings. The maximum Gasteiger partial charge on any atom is 0.362 e. The third-order valence-corrected chi connectivity index (χ3v) is 4.91. The number of nitrogens with zero attached hydrogens (tertiary/aromatic N) is 4. The van der Waals surface area contributed by atoms with Crippen LogP contribution in [-0.2, 0) is 4.74 Å². The topological polar surface area (TPSA) is 119 Å². The van der Waals surface area contributed by atoms with Gasteiger partial charge in [-0.25, -0.2) is 24.8 Å². The summed E-state index contributed by atoms with van der Waals surface area (Å²) in [5, 5.41) is 2.77. The fourth-order valence-corrected chi connectivity index (χ4v) is 3.25. The largest absolute Gasteiger partial charge is 0.437 e. The molecule has 3 aromatic rings. The molecular formula is C24H24ClN5O4. The number of rotatable bonds is 5. The van der Waals surface area contributed by atoms with E-state index in [4.69, 9.17) is 22.1 Å². The minimum Gasteiger partial charge on any atom is -0.437 e. The SMILES string of the molecule is CC(C)(C)N(C(=O)c1ccccc1)N(COC(=O)c1nccnc1N)C(=O)c1ccc(Cl)cc1. The molecule has 0 bridgehead atoms. The molecule has 1 aromatic heterocycles. The lowest BCUT2D eigenvalue weighted by atomic mass is 10.1. The lowest BCUT2D eigenvalue weighted by Gasteiger charge is -2.42. The van der Waals surface area contributed by atoms with E-state index < -0.39 is 30.1 Å². The van der Waals surface area contributed by atoms with Crippen LogP contribution in [0.2, 0.25) is 5.02 Å². The highest BCUT2D eigenvalue weighted by molar-refractivity contribution is 6.30. The first-order valence-electron chi connectivity index (χ1n) is 10.3. The van der Waals surface area contributed by atoms with Crippen LogP contribution < -0.4 is 5.73 Å². The van der Waals surface area contributed by atoms with Gasteiger partial charge in [-0.1, -0.05) is 29.8 Å². The second-order valence-corrected chi connectivity index (χ2v) is 8.65.